The van der Waals surface area contributed by atoms with Crippen molar-refractivity contribution in [2.45, 2.75) is 51.6 Å². The molecule has 1 saturated heterocycles. The quantitative estimate of drug-likeness (QED) is 0.535. The number of aryl methyl sites for hydroxylation is 1. The van der Waals surface area contributed by atoms with Gasteiger partial charge in [-0.3, -0.25) is 4.79 Å². The lowest BCUT2D eigenvalue weighted by atomic mass is 9.94. The molecule has 2 atom stereocenters. The van der Waals surface area contributed by atoms with Crippen molar-refractivity contribution < 1.29 is 32.9 Å². The van der Waals surface area contributed by atoms with Crippen molar-refractivity contribution in [3.63, 3.8) is 0 Å². The van der Waals surface area contributed by atoms with E-state index in [9.17, 15) is 9.59 Å². The average Bonchev–Trinajstić information content (AvgIpc) is 3.29. The van der Waals surface area contributed by atoms with Gasteiger partial charge in [-0.25, -0.2) is 4.79 Å². The van der Waals surface area contributed by atoms with E-state index < -0.39 is 23.4 Å². The van der Waals surface area contributed by atoms with E-state index in [1.54, 1.807) is 43.5 Å². The van der Waals surface area contributed by atoms with Crippen LogP contribution >= 0.6 is 0 Å². The Morgan fingerprint density at radius 3 is 2.66 bits per heavy atom. The van der Waals surface area contributed by atoms with Gasteiger partial charge in [-0.2, -0.15) is 0 Å². The first-order valence-corrected chi connectivity index (χ1v) is 11.4. The standard InChI is InChI=1S/C26H27NO8/c1-14-18(33-22-10-9-21(30-4)26(2,3)35-22)7-5-15-11-17(25(29)34-23(14)15)27-24(28)16-6-8-19-20(12-16)32-13-31-19/h5-8,11-12,21-22H,9-10,13H2,1-4H3,(H,27,28). The number of fused-ring (bicyclic) bond motifs is 2. The minimum absolute atomic E-state index is 0.00985. The number of carbonyl (C=O) groups excluding carboxylic acids is 1. The number of nitrogens with one attached hydrogen (secondary N) is 1. The Morgan fingerprint density at radius 1 is 1.09 bits per heavy atom. The molecular weight excluding hydrogens is 454 g/mol. The second-order valence-corrected chi connectivity index (χ2v) is 9.15. The van der Waals surface area contributed by atoms with Crippen LogP contribution in [-0.2, 0) is 9.47 Å². The fourth-order valence-electron chi connectivity index (χ4n) is 4.49. The summed E-state index contributed by atoms with van der Waals surface area (Å²) in [6, 6.07) is 9.99. The molecule has 184 valence electrons. The van der Waals surface area contributed by atoms with Crippen LogP contribution in [-0.4, -0.2) is 37.8 Å². The van der Waals surface area contributed by atoms with E-state index in [0.29, 0.717) is 45.8 Å². The SMILES string of the molecule is COC1CCC(Oc2ccc3cc(NC(=O)c4ccc5c(c4)OCO5)c(=O)oc3c2C)OC1(C)C. The van der Waals surface area contributed by atoms with Crippen molar-refractivity contribution in [2.24, 2.45) is 0 Å². The highest BCUT2D eigenvalue weighted by Gasteiger charge is 2.39. The van der Waals surface area contributed by atoms with Crippen LogP contribution in [0.5, 0.6) is 17.2 Å². The van der Waals surface area contributed by atoms with Crippen LogP contribution in [0.1, 0.15) is 42.6 Å². The summed E-state index contributed by atoms with van der Waals surface area (Å²) in [7, 11) is 1.68. The third-order valence-corrected chi connectivity index (χ3v) is 6.40. The largest absolute Gasteiger partial charge is 0.465 e. The van der Waals surface area contributed by atoms with Crippen LogP contribution in [0.2, 0.25) is 0 Å². The van der Waals surface area contributed by atoms with Gasteiger partial charge in [0.1, 0.15) is 17.0 Å². The number of benzene rings is 2. The van der Waals surface area contributed by atoms with Gasteiger partial charge in [0, 0.05) is 30.0 Å². The third-order valence-electron chi connectivity index (χ3n) is 6.40. The molecule has 1 aromatic heterocycles. The molecule has 3 heterocycles. The van der Waals surface area contributed by atoms with Crippen molar-refractivity contribution in [2.75, 3.05) is 19.2 Å². The zero-order chi connectivity index (χ0) is 24.7. The van der Waals surface area contributed by atoms with Gasteiger partial charge < -0.3 is 33.4 Å². The van der Waals surface area contributed by atoms with Crippen LogP contribution < -0.4 is 25.2 Å². The van der Waals surface area contributed by atoms with Crippen LogP contribution in [0.4, 0.5) is 5.69 Å². The maximum absolute atomic E-state index is 12.7. The highest BCUT2D eigenvalue weighted by molar-refractivity contribution is 6.05. The Labute approximate surface area is 201 Å². The summed E-state index contributed by atoms with van der Waals surface area (Å²) >= 11 is 0. The van der Waals surface area contributed by atoms with Crippen LogP contribution in [0.3, 0.4) is 0 Å². The highest BCUT2D eigenvalue weighted by Crippen LogP contribution is 2.35. The first-order chi connectivity index (χ1) is 16.7. The van der Waals surface area contributed by atoms with Crippen molar-refractivity contribution in [1.82, 2.24) is 0 Å². The fraction of sp³-hybridized carbons (Fsp3) is 0.385. The van der Waals surface area contributed by atoms with E-state index in [2.05, 4.69) is 5.32 Å². The molecule has 3 aromatic rings. The van der Waals surface area contributed by atoms with Gasteiger partial charge in [-0.1, -0.05) is 0 Å². The lowest BCUT2D eigenvalue weighted by Crippen LogP contribution is -2.49. The average molecular weight is 482 g/mol. The number of amides is 1. The third kappa shape index (κ3) is 4.44. The van der Waals surface area contributed by atoms with Crippen molar-refractivity contribution in [3.05, 3.63) is 57.9 Å². The smallest absolute Gasteiger partial charge is 0.360 e. The molecule has 35 heavy (non-hydrogen) atoms. The van der Waals surface area contributed by atoms with E-state index in [-0.39, 0.29) is 18.6 Å². The van der Waals surface area contributed by atoms with E-state index in [4.69, 9.17) is 28.1 Å². The molecule has 1 N–H and O–H groups in total. The molecule has 1 amide bonds. The summed E-state index contributed by atoms with van der Waals surface area (Å²) in [5.41, 5.74) is 0.280. The predicted octanol–water partition coefficient (Wildman–Crippen LogP) is 4.39. The maximum Gasteiger partial charge on any atom is 0.360 e. The van der Waals surface area contributed by atoms with Gasteiger partial charge in [0.15, 0.2) is 11.5 Å². The second kappa shape index (κ2) is 8.90. The number of ether oxygens (including phenoxy) is 5. The molecule has 2 aromatic carbocycles. The predicted molar refractivity (Wildman–Crippen MR) is 127 cm³/mol. The summed E-state index contributed by atoms with van der Waals surface area (Å²) in [6.07, 6.45) is 1.03. The minimum Gasteiger partial charge on any atom is -0.465 e. The van der Waals surface area contributed by atoms with Gasteiger partial charge in [-0.05, 0) is 63.6 Å². The molecular formula is C26H27NO8. The molecule has 9 heteroatoms. The lowest BCUT2D eigenvalue weighted by molar-refractivity contribution is -0.233. The molecule has 2 aliphatic heterocycles. The molecule has 5 rings (SSSR count). The zero-order valence-electron chi connectivity index (χ0n) is 20.0. The first kappa shape index (κ1) is 23.2. The minimum atomic E-state index is -0.662. The Bertz CT molecular complexity index is 1350. The van der Waals surface area contributed by atoms with Gasteiger partial charge >= 0.3 is 5.63 Å². The molecule has 0 bridgehead atoms. The van der Waals surface area contributed by atoms with E-state index in [1.807, 2.05) is 20.8 Å². The number of anilines is 1. The first-order valence-electron chi connectivity index (χ1n) is 11.4. The van der Waals surface area contributed by atoms with Gasteiger partial charge in [0.05, 0.1) is 11.7 Å². The van der Waals surface area contributed by atoms with Gasteiger partial charge in [0.2, 0.25) is 13.1 Å². The number of hydrogen-bond donors (Lipinski definition) is 1. The molecule has 2 aliphatic rings. The van der Waals surface area contributed by atoms with Gasteiger partial charge in [0.25, 0.3) is 5.91 Å². The van der Waals surface area contributed by atoms with Crippen molar-refractivity contribution in [1.29, 1.82) is 0 Å². The number of methoxy groups -OCH3 is 1. The summed E-state index contributed by atoms with van der Waals surface area (Å²) < 4.78 is 33.9. The maximum atomic E-state index is 12.7. The van der Waals surface area contributed by atoms with Gasteiger partial charge in [-0.15, -0.1) is 0 Å². The molecule has 0 radical (unpaired) electrons. The number of carbonyl (C=O) groups is 1. The lowest BCUT2D eigenvalue weighted by Gasteiger charge is -2.41. The van der Waals surface area contributed by atoms with Crippen molar-refractivity contribution >= 4 is 22.6 Å². The zero-order valence-corrected chi connectivity index (χ0v) is 20.0. The molecule has 0 aliphatic carbocycles. The van der Waals surface area contributed by atoms with Crippen LogP contribution in [0, 0.1) is 6.92 Å². The summed E-state index contributed by atoms with van der Waals surface area (Å²) in [5, 5.41) is 3.28. The molecule has 9 nitrogen and oxygen atoms in total. The number of hydrogen-bond acceptors (Lipinski definition) is 8. The van der Waals surface area contributed by atoms with Crippen molar-refractivity contribution in [3.8, 4) is 17.2 Å². The van der Waals surface area contributed by atoms with Crippen LogP contribution in [0.25, 0.3) is 11.0 Å². The Hall–Kier alpha value is -3.56. The van der Waals surface area contributed by atoms with E-state index >= 15 is 0 Å². The Morgan fingerprint density at radius 2 is 1.89 bits per heavy atom. The highest BCUT2D eigenvalue weighted by atomic mass is 16.7. The Balaban J connectivity index is 1.36. The second-order valence-electron chi connectivity index (χ2n) is 9.15. The summed E-state index contributed by atoms with van der Waals surface area (Å²) in [6.45, 7) is 5.88. The van der Waals surface area contributed by atoms with E-state index in [1.165, 1.54) is 0 Å². The molecule has 2 unspecified atom stereocenters. The summed E-state index contributed by atoms with van der Waals surface area (Å²) in [4.78, 5) is 25.4. The molecule has 0 spiro atoms. The molecule has 1 fully saturated rings. The van der Waals surface area contributed by atoms with E-state index in [0.717, 1.165) is 6.42 Å². The topological polar surface area (TPSA) is 105 Å². The fourth-order valence-corrected chi connectivity index (χ4v) is 4.49. The normalized spacial score (nSPS) is 20.6. The van der Waals surface area contributed by atoms with Crippen LogP contribution in [0.15, 0.2) is 45.6 Å². The molecule has 0 saturated carbocycles. The number of rotatable bonds is 5. The summed E-state index contributed by atoms with van der Waals surface area (Å²) in [5.74, 6) is 1.16. The monoisotopic (exact) mass is 481 g/mol. The Kier molecular flexibility index (Phi) is 5.90.